The van der Waals surface area contributed by atoms with E-state index in [2.05, 4.69) is 15.3 Å². The summed E-state index contributed by atoms with van der Waals surface area (Å²) in [5.41, 5.74) is 2.11. The molecule has 1 aromatic carbocycles. The highest BCUT2D eigenvalue weighted by Crippen LogP contribution is 2.27. The zero-order valence-electron chi connectivity index (χ0n) is 19.6. The van der Waals surface area contributed by atoms with Gasteiger partial charge in [0.25, 0.3) is 5.56 Å². The van der Waals surface area contributed by atoms with Crippen molar-refractivity contribution in [3.8, 4) is 0 Å². The number of aryl methyl sites for hydroxylation is 3. The Kier molecular flexibility index (Phi) is 7.76. The lowest BCUT2D eigenvalue weighted by molar-refractivity contribution is -0.116. The second-order valence-corrected chi connectivity index (χ2v) is 9.00. The van der Waals surface area contributed by atoms with Crippen LogP contribution in [0.1, 0.15) is 37.2 Å². The van der Waals surface area contributed by atoms with E-state index in [-0.39, 0.29) is 24.7 Å². The summed E-state index contributed by atoms with van der Waals surface area (Å²) in [5.74, 6) is 0.498. The van der Waals surface area contributed by atoms with Crippen LogP contribution in [-0.4, -0.2) is 38.7 Å². The van der Waals surface area contributed by atoms with Crippen molar-refractivity contribution in [1.29, 1.82) is 0 Å². The molecular weight excluding hydrogens is 446 g/mol. The topological polar surface area (TPSA) is 111 Å². The van der Waals surface area contributed by atoms with Gasteiger partial charge in [-0.25, -0.2) is 9.78 Å². The predicted molar refractivity (Wildman–Crippen MR) is 129 cm³/mol. The van der Waals surface area contributed by atoms with E-state index < -0.39 is 11.2 Å². The Hall–Kier alpha value is -2.91. The highest BCUT2D eigenvalue weighted by Gasteiger charge is 2.20. The molecule has 0 radical (unpaired) electrons. The molecule has 9 nitrogen and oxygen atoms in total. The minimum Gasteiger partial charge on any atom is -0.383 e. The van der Waals surface area contributed by atoms with Crippen LogP contribution in [0.25, 0.3) is 11.2 Å². The lowest BCUT2D eigenvalue weighted by Crippen LogP contribution is -2.32. The Bertz CT molecular complexity index is 1270. The van der Waals surface area contributed by atoms with Crippen LogP contribution >= 0.6 is 11.6 Å². The number of imidazole rings is 1. The number of H-pyrrole nitrogens is 1. The maximum atomic E-state index is 12.7. The first kappa shape index (κ1) is 24.7. The van der Waals surface area contributed by atoms with Gasteiger partial charge in [-0.2, -0.15) is 0 Å². The van der Waals surface area contributed by atoms with E-state index in [1.807, 2.05) is 33.8 Å². The molecule has 0 saturated carbocycles. The summed E-state index contributed by atoms with van der Waals surface area (Å²) in [6.07, 6.45) is 0.411. The van der Waals surface area contributed by atoms with Crippen LogP contribution in [0.2, 0.25) is 5.02 Å². The number of carbonyl (C=O) groups is 1. The van der Waals surface area contributed by atoms with Crippen molar-refractivity contribution < 1.29 is 9.53 Å². The van der Waals surface area contributed by atoms with Crippen LogP contribution in [-0.2, 0) is 29.0 Å². The quantitative estimate of drug-likeness (QED) is 0.494. The summed E-state index contributed by atoms with van der Waals surface area (Å²) in [5, 5.41) is 3.36. The molecule has 3 rings (SSSR count). The van der Waals surface area contributed by atoms with Crippen molar-refractivity contribution in [1.82, 2.24) is 19.1 Å². The Morgan fingerprint density at radius 1 is 1.24 bits per heavy atom. The number of fused-ring (bicyclic) bond motifs is 1. The van der Waals surface area contributed by atoms with Gasteiger partial charge in [-0.1, -0.05) is 31.5 Å². The SMILES string of the molecule is COCCn1c(CCC(=O)Nc2c(C)cc(C)cc2Cl)nc2c1c(=O)[nH]c(=O)n2CC(C)C. The molecule has 0 aliphatic rings. The summed E-state index contributed by atoms with van der Waals surface area (Å²) < 4.78 is 8.40. The van der Waals surface area contributed by atoms with Gasteiger partial charge in [-0.15, -0.1) is 0 Å². The Labute approximate surface area is 196 Å². The normalized spacial score (nSPS) is 11.5. The third-order valence-electron chi connectivity index (χ3n) is 5.30. The summed E-state index contributed by atoms with van der Waals surface area (Å²) in [6, 6.07) is 3.75. The predicted octanol–water partition coefficient (Wildman–Crippen LogP) is 3.03. The third-order valence-corrected chi connectivity index (χ3v) is 5.60. The van der Waals surface area contributed by atoms with E-state index in [9.17, 15) is 14.4 Å². The third kappa shape index (κ3) is 5.54. The molecule has 0 spiro atoms. The van der Waals surface area contributed by atoms with Crippen LogP contribution < -0.4 is 16.6 Å². The van der Waals surface area contributed by atoms with Crippen molar-refractivity contribution in [2.45, 2.75) is 53.6 Å². The molecule has 0 unspecified atom stereocenters. The number of ether oxygens (including phenoxy) is 1. The van der Waals surface area contributed by atoms with Gasteiger partial charge in [0.1, 0.15) is 5.82 Å². The molecule has 178 valence electrons. The molecule has 3 aromatic rings. The number of rotatable bonds is 9. The molecule has 2 heterocycles. The van der Waals surface area contributed by atoms with Gasteiger partial charge in [0.2, 0.25) is 5.91 Å². The van der Waals surface area contributed by atoms with Crippen LogP contribution in [0.4, 0.5) is 5.69 Å². The van der Waals surface area contributed by atoms with Gasteiger partial charge >= 0.3 is 5.69 Å². The van der Waals surface area contributed by atoms with Crippen molar-refractivity contribution >= 4 is 34.4 Å². The molecule has 1 amide bonds. The van der Waals surface area contributed by atoms with Crippen molar-refractivity contribution in [2.24, 2.45) is 5.92 Å². The zero-order valence-corrected chi connectivity index (χ0v) is 20.4. The summed E-state index contributed by atoms with van der Waals surface area (Å²) in [4.78, 5) is 44.8. The fourth-order valence-electron chi connectivity index (χ4n) is 3.87. The molecule has 0 aliphatic carbocycles. The smallest absolute Gasteiger partial charge is 0.330 e. The van der Waals surface area contributed by atoms with Gasteiger partial charge < -0.3 is 14.6 Å². The van der Waals surface area contributed by atoms with E-state index >= 15 is 0 Å². The van der Waals surface area contributed by atoms with Gasteiger partial charge in [0, 0.05) is 33.0 Å². The molecule has 33 heavy (non-hydrogen) atoms. The van der Waals surface area contributed by atoms with Gasteiger partial charge in [0.15, 0.2) is 11.2 Å². The highest BCUT2D eigenvalue weighted by atomic mass is 35.5. The Balaban J connectivity index is 1.93. The number of hydrogen-bond donors (Lipinski definition) is 2. The number of methoxy groups -OCH3 is 1. The summed E-state index contributed by atoms with van der Waals surface area (Å²) in [7, 11) is 1.57. The largest absolute Gasteiger partial charge is 0.383 e. The first-order chi connectivity index (χ1) is 15.6. The molecule has 0 saturated heterocycles. The molecule has 0 atom stereocenters. The van der Waals surface area contributed by atoms with Gasteiger partial charge in [0.05, 0.1) is 17.3 Å². The minimum atomic E-state index is -0.503. The zero-order chi connectivity index (χ0) is 24.3. The monoisotopic (exact) mass is 475 g/mol. The number of nitrogens with zero attached hydrogens (tertiary/aromatic N) is 3. The van der Waals surface area contributed by atoms with E-state index in [1.54, 1.807) is 17.7 Å². The van der Waals surface area contributed by atoms with E-state index in [0.29, 0.717) is 47.4 Å². The van der Waals surface area contributed by atoms with Crippen molar-refractivity contribution in [2.75, 3.05) is 19.0 Å². The second kappa shape index (κ2) is 10.4. The number of aromatic amines is 1. The van der Waals surface area contributed by atoms with Crippen LogP contribution in [0, 0.1) is 19.8 Å². The molecule has 2 aromatic heterocycles. The number of aromatic nitrogens is 4. The van der Waals surface area contributed by atoms with Gasteiger partial charge in [-0.3, -0.25) is 19.1 Å². The highest BCUT2D eigenvalue weighted by molar-refractivity contribution is 6.34. The first-order valence-corrected chi connectivity index (χ1v) is 11.3. The molecule has 0 bridgehead atoms. The molecule has 0 aliphatic heterocycles. The standard InChI is InChI=1S/C23H30ClN5O4/c1-13(2)12-29-21-20(22(31)27-23(29)32)28(8-9-33-5)17(25-21)6-7-18(30)26-19-15(4)10-14(3)11-16(19)24/h10-11,13H,6-9,12H2,1-5H3,(H,26,30)(H,27,31,32). The summed E-state index contributed by atoms with van der Waals surface area (Å²) >= 11 is 6.31. The Morgan fingerprint density at radius 2 is 1.97 bits per heavy atom. The maximum Gasteiger partial charge on any atom is 0.330 e. The van der Waals surface area contributed by atoms with Crippen molar-refractivity contribution in [3.05, 3.63) is 54.9 Å². The number of nitrogens with one attached hydrogen (secondary N) is 2. The lowest BCUT2D eigenvalue weighted by atomic mass is 10.1. The first-order valence-electron chi connectivity index (χ1n) is 10.9. The average Bonchev–Trinajstić information content (AvgIpc) is 3.09. The van der Waals surface area contributed by atoms with Crippen LogP contribution in [0.5, 0.6) is 0 Å². The van der Waals surface area contributed by atoms with Crippen LogP contribution in [0.15, 0.2) is 21.7 Å². The number of halogens is 1. The number of hydrogen-bond acceptors (Lipinski definition) is 5. The fraction of sp³-hybridized carbons (Fsp3) is 0.478. The van der Waals surface area contributed by atoms with E-state index in [0.717, 1.165) is 11.1 Å². The molecule has 0 fully saturated rings. The lowest BCUT2D eigenvalue weighted by Gasteiger charge is -2.12. The number of benzene rings is 1. The maximum absolute atomic E-state index is 12.7. The van der Waals surface area contributed by atoms with Crippen molar-refractivity contribution in [3.63, 3.8) is 0 Å². The van der Waals surface area contributed by atoms with Gasteiger partial charge in [-0.05, 0) is 37.0 Å². The number of anilines is 1. The molecule has 2 N–H and O–H groups in total. The Morgan fingerprint density at radius 3 is 2.61 bits per heavy atom. The van der Waals surface area contributed by atoms with Crippen LogP contribution in [0.3, 0.4) is 0 Å². The second-order valence-electron chi connectivity index (χ2n) is 8.60. The minimum absolute atomic E-state index is 0.131. The number of amides is 1. The van der Waals surface area contributed by atoms with E-state index in [1.165, 1.54) is 4.57 Å². The average molecular weight is 476 g/mol. The molecular formula is C23H30ClN5O4. The molecule has 10 heteroatoms. The fourth-order valence-corrected chi connectivity index (χ4v) is 4.24. The van der Waals surface area contributed by atoms with E-state index in [4.69, 9.17) is 16.3 Å². The summed E-state index contributed by atoms with van der Waals surface area (Å²) in [6.45, 7) is 8.93. The number of carbonyl (C=O) groups excluding carboxylic acids is 1.